The van der Waals surface area contributed by atoms with E-state index < -0.39 is 5.72 Å². The SMILES string of the molecule is CCC1=NN(C(=O)c2cccnc2)[C@@](O)(c2ccc(OC)cc2)C1. The lowest BCUT2D eigenvalue weighted by Gasteiger charge is -2.31. The maximum atomic E-state index is 12.8. The molecule has 0 saturated heterocycles. The van der Waals surface area contributed by atoms with Gasteiger partial charge in [0, 0.05) is 30.1 Å². The smallest absolute Gasteiger partial charge is 0.278 e. The van der Waals surface area contributed by atoms with Gasteiger partial charge >= 0.3 is 0 Å². The molecule has 124 valence electrons. The molecule has 1 amide bonds. The topological polar surface area (TPSA) is 75.0 Å². The quantitative estimate of drug-likeness (QED) is 0.937. The van der Waals surface area contributed by atoms with Crippen LogP contribution in [0.1, 0.15) is 35.7 Å². The zero-order chi connectivity index (χ0) is 17.2. The van der Waals surface area contributed by atoms with Crippen LogP contribution in [0, 0.1) is 0 Å². The number of amides is 1. The highest BCUT2D eigenvalue weighted by Gasteiger charge is 2.45. The van der Waals surface area contributed by atoms with Crippen molar-refractivity contribution in [2.75, 3.05) is 7.11 Å². The van der Waals surface area contributed by atoms with Gasteiger partial charge in [-0.05, 0) is 30.7 Å². The van der Waals surface area contributed by atoms with Crippen LogP contribution in [-0.4, -0.2) is 33.8 Å². The Bertz CT molecular complexity index is 759. The van der Waals surface area contributed by atoms with E-state index in [-0.39, 0.29) is 12.3 Å². The Kier molecular flexibility index (Phi) is 4.31. The first-order valence-corrected chi connectivity index (χ1v) is 7.76. The third-order valence-corrected chi connectivity index (χ3v) is 4.10. The fraction of sp³-hybridized carbons (Fsp3) is 0.278. The molecule has 0 aliphatic carbocycles. The summed E-state index contributed by atoms with van der Waals surface area (Å²) in [5.41, 5.74) is 0.230. The Balaban J connectivity index is 2.00. The first-order valence-electron chi connectivity index (χ1n) is 7.76. The molecule has 0 unspecified atom stereocenters. The molecule has 2 heterocycles. The summed E-state index contributed by atoms with van der Waals surface area (Å²) in [7, 11) is 1.58. The molecule has 1 aromatic carbocycles. The molecule has 1 atom stereocenters. The third kappa shape index (κ3) is 2.76. The van der Waals surface area contributed by atoms with Crippen LogP contribution in [0.2, 0.25) is 0 Å². The molecule has 6 nitrogen and oxygen atoms in total. The molecule has 24 heavy (non-hydrogen) atoms. The zero-order valence-electron chi connectivity index (χ0n) is 13.6. The second-order valence-electron chi connectivity index (χ2n) is 5.60. The van der Waals surface area contributed by atoms with Gasteiger partial charge in [0.25, 0.3) is 5.91 Å². The number of hydrogen-bond donors (Lipinski definition) is 1. The van der Waals surface area contributed by atoms with Crippen molar-refractivity contribution in [1.82, 2.24) is 9.99 Å². The van der Waals surface area contributed by atoms with E-state index in [4.69, 9.17) is 4.74 Å². The zero-order valence-corrected chi connectivity index (χ0v) is 13.6. The number of ether oxygens (including phenoxy) is 1. The minimum atomic E-state index is -1.51. The van der Waals surface area contributed by atoms with E-state index in [1.165, 1.54) is 6.20 Å². The number of rotatable bonds is 4. The summed E-state index contributed by atoms with van der Waals surface area (Å²) in [6.07, 6.45) is 4.00. The Morgan fingerprint density at radius 2 is 2.08 bits per heavy atom. The summed E-state index contributed by atoms with van der Waals surface area (Å²) in [4.78, 5) is 16.8. The average molecular weight is 325 g/mol. The largest absolute Gasteiger partial charge is 0.497 e. The fourth-order valence-electron chi connectivity index (χ4n) is 2.72. The van der Waals surface area contributed by atoms with E-state index in [0.717, 1.165) is 10.7 Å². The van der Waals surface area contributed by atoms with Crippen LogP contribution in [0.5, 0.6) is 5.75 Å². The Labute approximate surface area is 140 Å². The van der Waals surface area contributed by atoms with Crippen molar-refractivity contribution in [2.45, 2.75) is 25.5 Å². The van der Waals surface area contributed by atoms with Gasteiger partial charge in [0.05, 0.1) is 12.7 Å². The van der Waals surface area contributed by atoms with Gasteiger partial charge in [-0.25, -0.2) is 0 Å². The van der Waals surface area contributed by atoms with Crippen LogP contribution < -0.4 is 4.74 Å². The highest BCUT2D eigenvalue weighted by atomic mass is 16.5. The molecule has 2 aromatic rings. The molecule has 0 saturated carbocycles. The molecule has 1 aliphatic heterocycles. The summed E-state index contributed by atoms with van der Waals surface area (Å²) in [6.45, 7) is 1.95. The normalized spacial score (nSPS) is 20.0. The lowest BCUT2D eigenvalue weighted by atomic mass is 9.96. The van der Waals surface area contributed by atoms with Gasteiger partial charge in [-0.1, -0.05) is 19.1 Å². The number of aliphatic hydroxyl groups is 1. The van der Waals surface area contributed by atoms with Gasteiger partial charge < -0.3 is 9.84 Å². The van der Waals surface area contributed by atoms with Gasteiger partial charge in [-0.3, -0.25) is 9.78 Å². The van der Waals surface area contributed by atoms with Crippen LogP contribution in [0.3, 0.4) is 0 Å². The van der Waals surface area contributed by atoms with Crippen molar-refractivity contribution < 1.29 is 14.6 Å². The van der Waals surface area contributed by atoms with Gasteiger partial charge in [-0.15, -0.1) is 0 Å². The predicted octanol–water partition coefficient (Wildman–Crippen LogP) is 2.55. The van der Waals surface area contributed by atoms with Gasteiger partial charge in [0.1, 0.15) is 5.75 Å². The van der Waals surface area contributed by atoms with E-state index >= 15 is 0 Å². The highest BCUT2D eigenvalue weighted by Crippen LogP contribution is 2.37. The molecule has 0 spiro atoms. The number of carbonyl (C=O) groups is 1. The lowest BCUT2D eigenvalue weighted by molar-refractivity contribution is -0.0765. The number of nitrogens with zero attached hydrogens (tertiary/aromatic N) is 3. The van der Waals surface area contributed by atoms with Crippen molar-refractivity contribution in [1.29, 1.82) is 0 Å². The van der Waals surface area contributed by atoms with E-state index in [1.807, 2.05) is 6.92 Å². The van der Waals surface area contributed by atoms with E-state index in [1.54, 1.807) is 49.7 Å². The molecule has 6 heteroatoms. The van der Waals surface area contributed by atoms with Crippen molar-refractivity contribution in [3.8, 4) is 5.75 Å². The van der Waals surface area contributed by atoms with Gasteiger partial charge in [0.2, 0.25) is 0 Å². The Hall–Kier alpha value is -2.73. The number of aromatic nitrogens is 1. The standard InChI is InChI=1S/C18H19N3O3/c1-3-15-11-18(23,14-6-8-16(24-2)9-7-14)21(20-15)17(22)13-5-4-10-19-12-13/h4-10,12,23H,3,11H2,1-2H3/t18-/m0/s1. The minimum absolute atomic E-state index is 0.280. The predicted molar refractivity (Wildman–Crippen MR) is 89.6 cm³/mol. The molecule has 0 fully saturated rings. The molecule has 1 aliphatic rings. The number of hydrogen-bond acceptors (Lipinski definition) is 5. The Morgan fingerprint density at radius 1 is 1.33 bits per heavy atom. The maximum absolute atomic E-state index is 12.8. The van der Waals surface area contributed by atoms with Gasteiger partial charge in [-0.2, -0.15) is 10.1 Å². The van der Waals surface area contributed by atoms with Crippen LogP contribution in [0.15, 0.2) is 53.9 Å². The Morgan fingerprint density at radius 3 is 2.67 bits per heavy atom. The van der Waals surface area contributed by atoms with Crippen LogP contribution in [0.25, 0.3) is 0 Å². The van der Waals surface area contributed by atoms with E-state index in [0.29, 0.717) is 23.3 Å². The van der Waals surface area contributed by atoms with E-state index in [2.05, 4.69) is 10.1 Å². The maximum Gasteiger partial charge on any atom is 0.278 e. The molecule has 0 bridgehead atoms. The lowest BCUT2D eigenvalue weighted by Crippen LogP contribution is -2.43. The second-order valence-corrected chi connectivity index (χ2v) is 5.60. The minimum Gasteiger partial charge on any atom is -0.497 e. The number of methoxy groups -OCH3 is 1. The molecule has 1 N–H and O–H groups in total. The first-order chi connectivity index (χ1) is 11.6. The van der Waals surface area contributed by atoms with E-state index in [9.17, 15) is 9.90 Å². The number of carbonyl (C=O) groups excluding carboxylic acids is 1. The molecular formula is C18H19N3O3. The van der Waals surface area contributed by atoms with Crippen molar-refractivity contribution >= 4 is 11.6 Å². The van der Waals surface area contributed by atoms with Crippen LogP contribution >= 0.6 is 0 Å². The van der Waals surface area contributed by atoms with Crippen LogP contribution in [0.4, 0.5) is 0 Å². The summed E-state index contributed by atoms with van der Waals surface area (Å²) < 4.78 is 5.15. The number of benzene rings is 1. The molecular weight excluding hydrogens is 306 g/mol. The molecule has 3 rings (SSSR count). The third-order valence-electron chi connectivity index (χ3n) is 4.10. The summed E-state index contributed by atoms with van der Waals surface area (Å²) in [5, 5.41) is 16.8. The summed E-state index contributed by atoms with van der Waals surface area (Å²) in [5.74, 6) is 0.298. The molecule has 1 aromatic heterocycles. The first kappa shape index (κ1) is 16.1. The monoisotopic (exact) mass is 325 g/mol. The number of hydrazone groups is 1. The van der Waals surface area contributed by atoms with Crippen molar-refractivity contribution in [3.05, 3.63) is 59.9 Å². The highest BCUT2D eigenvalue weighted by molar-refractivity contribution is 5.98. The number of pyridine rings is 1. The van der Waals surface area contributed by atoms with Gasteiger partial charge in [0.15, 0.2) is 5.72 Å². The summed E-state index contributed by atoms with van der Waals surface area (Å²) in [6, 6.07) is 10.3. The summed E-state index contributed by atoms with van der Waals surface area (Å²) >= 11 is 0. The van der Waals surface area contributed by atoms with Crippen molar-refractivity contribution in [2.24, 2.45) is 5.10 Å². The van der Waals surface area contributed by atoms with Crippen molar-refractivity contribution in [3.63, 3.8) is 0 Å². The average Bonchev–Trinajstić information content (AvgIpc) is 3.00. The molecule has 0 radical (unpaired) electrons. The second kappa shape index (κ2) is 6.41. The fourth-order valence-corrected chi connectivity index (χ4v) is 2.72. The van der Waals surface area contributed by atoms with Crippen LogP contribution in [-0.2, 0) is 5.72 Å².